The van der Waals surface area contributed by atoms with E-state index in [2.05, 4.69) is 20.2 Å². The molecule has 0 aliphatic heterocycles. The van der Waals surface area contributed by atoms with Gasteiger partial charge in [-0.15, -0.1) is 5.10 Å². The van der Waals surface area contributed by atoms with Gasteiger partial charge in [0.05, 0.1) is 21.8 Å². The van der Waals surface area contributed by atoms with E-state index in [0.717, 1.165) is 6.42 Å². The minimum absolute atomic E-state index is 0.179. The number of pyridine rings is 3. The van der Waals surface area contributed by atoms with Crippen LogP contribution in [0.15, 0.2) is 45.3 Å². The van der Waals surface area contributed by atoms with E-state index in [4.69, 9.17) is 4.74 Å². The van der Waals surface area contributed by atoms with Crippen LogP contribution in [-0.4, -0.2) is 49.3 Å². The fourth-order valence-electron chi connectivity index (χ4n) is 3.02. The van der Waals surface area contributed by atoms with Gasteiger partial charge >= 0.3 is 0 Å². The van der Waals surface area contributed by atoms with Crippen LogP contribution in [0.3, 0.4) is 0 Å². The molecule has 0 amide bonds. The summed E-state index contributed by atoms with van der Waals surface area (Å²) in [7, 11) is 1.63. The number of fused-ring (bicyclic) bond motifs is 2. The Labute approximate surface area is 163 Å². The molecule has 10 heteroatoms. The van der Waals surface area contributed by atoms with Crippen LogP contribution in [0.25, 0.3) is 27.8 Å². The molecule has 28 heavy (non-hydrogen) atoms. The first-order chi connectivity index (χ1) is 13.6. The Morgan fingerprint density at radius 1 is 1.11 bits per heavy atom. The molecule has 4 heterocycles. The molecule has 0 aliphatic carbocycles. The third-order valence-corrected chi connectivity index (χ3v) is 4.97. The lowest BCUT2D eigenvalue weighted by Gasteiger charge is -2.08. The number of H-pyrrole nitrogens is 1. The third-order valence-electron chi connectivity index (χ3n) is 4.43. The van der Waals surface area contributed by atoms with Crippen LogP contribution in [-0.2, 0) is 11.3 Å². The molecule has 0 saturated carbocycles. The predicted octanol–water partition coefficient (Wildman–Crippen LogP) is 1.58. The Balaban J connectivity index is 1.86. The Kier molecular flexibility index (Phi) is 4.97. The number of hydrogen-bond acceptors (Lipinski definition) is 7. The third kappa shape index (κ3) is 3.20. The highest BCUT2D eigenvalue weighted by molar-refractivity contribution is 7.98. The molecule has 0 spiro atoms. The molecule has 0 bridgehead atoms. The fourth-order valence-corrected chi connectivity index (χ4v) is 3.34. The summed E-state index contributed by atoms with van der Waals surface area (Å²) in [5.41, 5.74) is 0.587. The van der Waals surface area contributed by atoms with E-state index in [1.165, 1.54) is 16.3 Å². The van der Waals surface area contributed by atoms with E-state index >= 15 is 0 Å². The molecule has 0 radical (unpaired) electrons. The lowest BCUT2D eigenvalue weighted by atomic mass is 10.2. The smallest absolute Gasteiger partial charge is 0.266 e. The Bertz CT molecular complexity index is 1280. The molecule has 0 unspecified atom stereocenters. The van der Waals surface area contributed by atoms with Crippen molar-refractivity contribution < 1.29 is 4.74 Å². The second-order valence-corrected chi connectivity index (χ2v) is 6.92. The van der Waals surface area contributed by atoms with E-state index in [-0.39, 0.29) is 11.1 Å². The number of aromatic amines is 1. The number of nitrogens with one attached hydrogen (secondary N) is 1. The molecule has 4 aromatic heterocycles. The van der Waals surface area contributed by atoms with Crippen molar-refractivity contribution in [1.29, 1.82) is 0 Å². The highest BCUT2D eigenvalue weighted by Gasteiger charge is 2.12. The van der Waals surface area contributed by atoms with E-state index in [1.54, 1.807) is 42.3 Å². The number of ether oxygens (including phenoxy) is 1. The molecule has 0 aromatic carbocycles. The molecule has 4 rings (SSSR count). The van der Waals surface area contributed by atoms with Crippen LogP contribution in [0.1, 0.15) is 6.42 Å². The first-order valence-corrected chi connectivity index (χ1v) is 9.86. The van der Waals surface area contributed by atoms with Crippen LogP contribution in [0.2, 0.25) is 0 Å². The quantitative estimate of drug-likeness (QED) is 0.298. The summed E-state index contributed by atoms with van der Waals surface area (Å²) in [5, 5.41) is 8.08. The van der Waals surface area contributed by atoms with E-state index in [0.29, 0.717) is 46.1 Å². The largest absolute Gasteiger partial charge is 0.385 e. The average Bonchev–Trinajstić information content (AvgIpc) is 3.18. The van der Waals surface area contributed by atoms with Gasteiger partial charge in [-0.3, -0.25) is 14.2 Å². The average molecular weight is 398 g/mol. The Hall–Kier alpha value is -2.98. The zero-order valence-electron chi connectivity index (χ0n) is 15.4. The van der Waals surface area contributed by atoms with E-state index in [1.807, 2.05) is 6.26 Å². The number of methoxy groups -OCH3 is 1. The number of aryl methyl sites for hydroxylation is 1. The second-order valence-electron chi connectivity index (χ2n) is 6.15. The number of nitrogens with zero attached hydrogens (tertiary/aromatic N) is 5. The molecule has 9 nitrogen and oxygen atoms in total. The van der Waals surface area contributed by atoms with E-state index in [9.17, 15) is 9.59 Å². The summed E-state index contributed by atoms with van der Waals surface area (Å²) in [5.74, 6) is 0.321. The molecule has 0 fully saturated rings. The summed E-state index contributed by atoms with van der Waals surface area (Å²) in [6.45, 7) is 1.11. The first-order valence-electron chi connectivity index (χ1n) is 8.63. The van der Waals surface area contributed by atoms with Gasteiger partial charge in [0.2, 0.25) is 11.1 Å². The summed E-state index contributed by atoms with van der Waals surface area (Å²) >= 11 is 1.37. The summed E-state index contributed by atoms with van der Waals surface area (Å²) in [6.07, 6.45) is 5.89. The maximum atomic E-state index is 13.0. The first kappa shape index (κ1) is 18.4. The molecule has 144 valence electrons. The van der Waals surface area contributed by atoms with Crippen LogP contribution in [0.5, 0.6) is 0 Å². The molecule has 0 aliphatic rings. The standard InChI is InChI=1S/C18H18N6O3S/c1-27-9-3-6-23-7-4-13-11(15(23)25)10-12-14(19-13)5-8-24(16(12)26)17-20-18(28-2)22-21-17/h4-5,7-8,10H,3,6,9H2,1-2H3,(H,20,21,22). The van der Waals surface area contributed by atoms with Crippen molar-refractivity contribution in [3.8, 4) is 5.95 Å². The van der Waals surface area contributed by atoms with Crippen molar-refractivity contribution >= 4 is 33.6 Å². The van der Waals surface area contributed by atoms with Gasteiger partial charge in [-0.05, 0) is 30.9 Å². The molecule has 0 saturated heterocycles. The number of thioether (sulfide) groups is 1. The normalized spacial score (nSPS) is 11.5. The van der Waals surface area contributed by atoms with Crippen molar-refractivity contribution in [3.05, 3.63) is 51.3 Å². The number of hydrogen-bond donors (Lipinski definition) is 1. The highest BCUT2D eigenvalue weighted by Crippen LogP contribution is 2.16. The summed E-state index contributed by atoms with van der Waals surface area (Å²) in [4.78, 5) is 34.6. The van der Waals surface area contributed by atoms with Crippen molar-refractivity contribution in [2.45, 2.75) is 18.1 Å². The predicted molar refractivity (Wildman–Crippen MR) is 107 cm³/mol. The van der Waals surface area contributed by atoms with Gasteiger partial charge in [-0.1, -0.05) is 11.8 Å². The zero-order valence-corrected chi connectivity index (χ0v) is 16.2. The van der Waals surface area contributed by atoms with Gasteiger partial charge in [0.25, 0.3) is 11.1 Å². The Morgan fingerprint density at radius 3 is 2.57 bits per heavy atom. The monoisotopic (exact) mass is 398 g/mol. The van der Waals surface area contributed by atoms with E-state index < -0.39 is 0 Å². The lowest BCUT2D eigenvalue weighted by Crippen LogP contribution is -2.22. The minimum Gasteiger partial charge on any atom is -0.385 e. The van der Waals surface area contributed by atoms with Crippen LogP contribution in [0, 0.1) is 0 Å². The van der Waals surface area contributed by atoms with Gasteiger partial charge in [-0.25, -0.2) is 10.1 Å². The van der Waals surface area contributed by atoms with Crippen molar-refractivity contribution in [2.75, 3.05) is 20.0 Å². The fraction of sp³-hybridized carbons (Fsp3) is 0.278. The molecular formula is C18H18N6O3S. The van der Waals surface area contributed by atoms with Gasteiger partial charge in [0.1, 0.15) is 0 Å². The van der Waals surface area contributed by atoms with Gasteiger partial charge < -0.3 is 9.30 Å². The highest BCUT2D eigenvalue weighted by atomic mass is 32.2. The van der Waals surface area contributed by atoms with Gasteiger partial charge in [0.15, 0.2) is 0 Å². The number of rotatable bonds is 6. The van der Waals surface area contributed by atoms with Crippen LogP contribution < -0.4 is 11.1 Å². The SMILES string of the molecule is COCCCn1ccc2nc3ccn(-c4nc(SC)n[nH]4)c(=O)c3cc2c1=O. The zero-order chi connectivity index (χ0) is 19.7. The molecule has 1 N–H and O–H groups in total. The van der Waals surface area contributed by atoms with Crippen molar-refractivity contribution in [2.24, 2.45) is 0 Å². The molecule has 4 aromatic rings. The van der Waals surface area contributed by atoms with Crippen LogP contribution in [0.4, 0.5) is 0 Å². The number of aromatic nitrogens is 6. The topological polar surface area (TPSA) is 108 Å². The molecule has 0 atom stereocenters. The van der Waals surface area contributed by atoms with Crippen molar-refractivity contribution in [3.63, 3.8) is 0 Å². The van der Waals surface area contributed by atoms with Crippen molar-refractivity contribution in [1.82, 2.24) is 29.3 Å². The maximum Gasteiger partial charge on any atom is 0.266 e. The molecular weight excluding hydrogens is 380 g/mol. The lowest BCUT2D eigenvalue weighted by molar-refractivity contribution is 0.190. The second kappa shape index (κ2) is 7.56. The van der Waals surface area contributed by atoms with Gasteiger partial charge in [-0.2, -0.15) is 4.98 Å². The summed E-state index contributed by atoms with van der Waals surface area (Å²) in [6, 6.07) is 5.12. The maximum absolute atomic E-state index is 13.0. The van der Waals surface area contributed by atoms with Gasteiger partial charge in [0, 0.05) is 32.7 Å². The summed E-state index contributed by atoms with van der Waals surface area (Å²) < 4.78 is 8.01. The Morgan fingerprint density at radius 2 is 1.86 bits per heavy atom. The van der Waals surface area contributed by atoms with Crippen LogP contribution >= 0.6 is 11.8 Å². The minimum atomic E-state index is -0.315.